The number of rotatable bonds is 5. The van der Waals surface area contributed by atoms with Crippen LogP contribution in [0.1, 0.15) is 12.5 Å². The SMILES string of the molecule is CCn1c(=O)/c(=C2\Sc3ccc(OC)cc3N2C)s/c1=C\c1ccncc1Nc1ccccc1F. The van der Waals surface area contributed by atoms with E-state index in [4.69, 9.17) is 4.74 Å². The minimum Gasteiger partial charge on any atom is -0.497 e. The number of anilines is 3. The minimum atomic E-state index is -0.347. The van der Waals surface area contributed by atoms with Crippen molar-refractivity contribution in [3.8, 4) is 5.75 Å². The number of pyridine rings is 1. The summed E-state index contributed by atoms with van der Waals surface area (Å²) in [6.07, 6.45) is 5.28. The van der Waals surface area contributed by atoms with E-state index in [-0.39, 0.29) is 11.4 Å². The van der Waals surface area contributed by atoms with Crippen molar-refractivity contribution in [2.24, 2.45) is 0 Å². The van der Waals surface area contributed by atoms with Crippen LogP contribution in [0.2, 0.25) is 0 Å². The van der Waals surface area contributed by atoms with Gasteiger partial charge in [-0.2, -0.15) is 0 Å². The molecular weight excluding hydrogens is 483 g/mol. The highest BCUT2D eigenvalue weighted by Gasteiger charge is 2.25. The fourth-order valence-corrected chi connectivity index (χ4v) is 6.35. The average Bonchev–Trinajstić information content (AvgIpc) is 3.36. The quantitative estimate of drug-likeness (QED) is 0.434. The number of methoxy groups -OCH3 is 1. The topological polar surface area (TPSA) is 59.4 Å². The molecule has 0 aliphatic carbocycles. The zero-order valence-electron chi connectivity index (χ0n) is 19.4. The highest BCUT2D eigenvalue weighted by molar-refractivity contribution is 8.08. The van der Waals surface area contributed by atoms with Crippen LogP contribution in [0.3, 0.4) is 0 Å². The molecule has 2 aromatic heterocycles. The first-order chi connectivity index (χ1) is 17.0. The van der Waals surface area contributed by atoms with Crippen molar-refractivity contribution in [3.05, 3.63) is 91.9 Å². The van der Waals surface area contributed by atoms with Crippen molar-refractivity contribution in [1.29, 1.82) is 0 Å². The van der Waals surface area contributed by atoms with Crippen LogP contribution in [-0.2, 0) is 6.54 Å². The van der Waals surface area contributed by atoms with Crippen LogP contribution in [0.25, 0.3) is 11.1 Å². The third-order valence-corrected chi connectivity index (χ3v) is 8.22. The van der Waals surface area contributed by atoms with Crippen molar-refractivity contribution in [2.75, 3.05) is 24.4 Å². The second kappa shape index (κ2) is 9.59. The summed E-state index contributed by atoms with van der Waals surface area (Å²) in [5.41, 5.74) is 2.81. The molecule has 0 bridgehead atoms. The highest BCUT2D eigenvalue weighted by atomic mass is 32.2. The van der Waals surface area contributed by atoms with E-state index in [2.05, 4.69) is 10.3 Å². The van der Waals surface area contributed by atoms with Crippen molar-refractivity contribution in [2.45, 2.75) is 18.4 Å². The van der Waals surface area contributed by atoms with Crippen LogP contribution in [0.15, 0.2) is 70.6 Å². The molecule has 0 atom stereocenters. The molecule has 5 rings (SSSR count). The van der Waals surface area contributed by atoms with E-state index in [9.17, 15) is 9.18 Å². The number of aromatic nitrogens is 2. The Kier molecular flexibility index (Phi) is 6.36. The first-order valence-corrected chi connectivity index (χ1v) is 12.6. The molecule has 178 valence electrons. The molecule has 1 aliphatic heterocycles. The van der Waals surface area contributed by atoms with Gasteiger partial charge in [-0.1, -0.05) is 23.9 Å². The Labute approximate surface area is 210 Å². The maximum Gasteiger partial charge on any atom is 0.271 e. The first-order valence-electron chi connectivity index (χ1n) is 11.0. The minimum absolute atomic E-state index is 0.0319. The van der Waals surface area contributed by atoms with Gasteiger partial charge in [-0.15, -0.1) is 11.3 Å². The van der Waals surface area contributed by atoms with Crippen molar-refractivity contribution in [3.63, 3.8) is 0 Å². The molecule has 35 heavy (non-hydrogen) atoms. The predicted molar refractivity (Wildman–Crippen MR) is 142 cm³/mol. The number of nitrogens with one attached hydrogen (secondary N) is 1. The third kappa shape index (κ3) is 4.33. The molecule has 1 aliphatic rings. The number of hydrogen-bond donors (Lipinski definition) is 1. The summed E-state index contributed by atoms with van der Waals surface area (Å²) >= 11 is 3.03. The number of halogens is 1. The Hall–Kier alpha value is -3.56. The third-order valence-electron chi connectivity index (χ3n) is 5.74. The summed E-state index contributed by atoms with van der Waals surface area (Å²) in [4.78, 5) is 20.7. The van der Waals surface area contributed by atoms with E-state index in [1.54, 1.807) is 54.0 Å². The van der Waals surface area contributed by atoms with Crippen LogP contribution in [0.4, 0.5) is 21.5 Å². The summed E-state index contributed by atoms with van der Waals surface area (Å²) in [7, 11) is 3.61. The second-order valence-corrected chi connectivity index (χ2v) is 9.89. The van der Waals surface area contributed by atoms with Gasteiger partial charge in [-0.25, -0.2) is 4.39 Å². The number of thiazole rings is 1. The molecule has 4 aromatic rings. The molecule has 3 heterocycles. The van der Waals surface area contributed by atoms with E-state index < -0.39 is 0 Å². The van der Waals surface area contributed by atoms with Gasteiger partial charge in [0.15, 0.2) is 0 Å². The van der Waals surface area contributed by atoms with Crippen LogP contribution >= 0.6 is 23.1 Å². The molecule has 0 unspecified atom stereocenters. The standard InChI is InChI=1S/C26H23FN4O2S2/c1-4-31-23(13-16-11-12-28-15-20(16)29-19-8-6-5-7-18(19)27)35-24(25(31)32)26-30(2)21-14-17(33-3)9-10-22(21)34-26/h5-15,29H,4H2,1-3H3/b23-13-,26-24+. The molecule has 6 nitrogen and oxygen atoms in total. The maximum absolute atomic E-state index is 14.2. The molecule has 0 saturated heterocycles. The van der Waals surface area contributed by atoms with Gasteiger partial charge in [0.1, 0.15) is 21.1 Å². The van der Waals surface area contributed by atoms with Crippen LogP contribution < -0.4 is 29.7 Å². The normalized spacial score (nSPS) is 14.9. The van der Waals surface area contributed by atoms with E-state index >= 15 is 0 Å². The number of thioether (sulfide) groups is 1. The van der Waals surface area contributed by atoms with Crippen molar-refractivity contribution >= 4 is 51.3 Å². The lowest BCUT2D eigenvalue weighted by Crippen LogP contribution is -2.33. The number of para-hydroxylation sites is 1. The van der Waals surface area contributed by atoms with E-state index in [0.29, 0.717) is 22.5 Å². The van der Waals surface area contributed by atoms with Gasteiger partial charge in [0.05, 0.1) is 35.0 Å². The number of hydrogen-bond acceptors (Lipinski definition) is 7. The summed E-state index contributed by atoms with van der Waals surface area (Å²) in [5.74, 6) is 0.427. The Morgan fingerprint density at radius 3 is 2.77 bits per heavy atom. The highest BCUT2D eigenvalue weighted by Crippen LogP contribution is 2.46. The monoisotopic (exact) mass is 506 g/mol. The molecule has 0 saturated carbocycles. The molecule has 0 radical (unpaired) electrons. The summed E-state index contributed by atoms with van der Waals surface area (Å²) < 4.78 is 22.8. The molecule has 0 spiro atoms. The summed E-state index contributed by atoms with van der Waals surface area (Å²) in [5, 5.41) is 4.02. The number of fused-ring (bicyclic) bond motifs is 1. The van der Waals surface area contributed by atoms with Crippen LogP contribution in [0.5, 0.6) is 5.75 Å². The lowest BCUT2D eigenvalue weighted by atomic mass is 10.2. The number of ether oxygens (including phenoxy) is 1. The second-order valence-electron chi connectivity index (χ2n) is 7.83. The molecule has 1 N–H and O–H groups in total. The van der Waals surface area contributed by atoms with Gasteiger partial charge < -0.3 is 15.0 Å². The Balaban J connectivity index is 1.62. The Morgan fingerprint density at radius 1 is 1.17 bits per heavy atom. The molecular formula is C26H23FN4O2S2. The van der Waals surface area contributed by atoms with Gasteiger partial charge in [0.25, 0.3) is 5.56 Å². The first kappa shape index (κ1) is 23.2. The average molecular weight is 507 g/mol. The fourth-order valence-electron chi connectivity index (χ4n) is 3.90. The largest absolute Gasteiger partial charge is 0.497 e. The van der Waals surface area contributed by atoms with Crippen molar-refractivity contribution < 1.29 is 9.13 Å². The Bertz CT molecular complexity index is 1600. The zero-order chi connectivity index (χ0) is 24.5. The number of benzene rings is 2. The van der Waals surface area contributed by atoms with E-state index in [1.807, 2.05) is 49.2 Å². The van der Waals surface area contributed by atoms with Crippen LogP contribution in [-0.4, -0.2) is 23.7 Å². The summed E-state index contributed by atoms with van der Waals surface area (Å²) in [6.45, 7) is 2.49. The molecule has 0 amide bonds. The Morgan fingerprint density at radius 2 is 2.00 bits per heavy atom. The maximum atomic E-state index is 14.2. The van der Waals surface area contributed by atoms with Gasteiger partial charge in [0, 0.05) is 36.3 Å². The lowest BCUT2D eigenvalue weighted by Gasteiger charge is -2.13. The zero-order valence-corrected chi connectivity index (χ0v) is 21.0. The summed E-state index contributed by atoms with van der Waals surface area (Å²) in [6, 6.07) is 14.3. The predicted octanol–water partition coefficient (Wildman–Crippen LogP) is 4.35. The molecule has 0 fully saturated rings. The van der Waals surface area contributed by atoms with Gasteiger partial charge >= 0.3 is 0 Å². The van der Waals surface area contributed by atoms with E-state index in [0.717, 1.165) is 31.6 Å². The van der Waals surface area contributed by atoms with Crippen LogP contribution in [0, 0.1) is 5.82 Å². The van der Waals surface area contributed by atoms with E-state index in [1.165, 1.54) is 17.4 Å². The van der Waals surface area contributed by atoms with Gasteiger partial charge in [-0.3, -0.25) is 14.3 Å². The lowest BCUT2D eigenvalue weighted by molar-refractivity contribution is 0.414. The molecule has 2 aromatic carbocycles. The smallest absolute Gasteiger partial charge is 0.271 e. The number of nitrogens with zero attached hydrogens (tertiary/aromatic N) is 3. The molecule has 9 heteroatoms. The van der Waals surface area contributed by atoms with Crippen molar-refractivity contribution in [1.82, 2.24) is 9.55 Å². The fraction of sp³-hybridized carbons (Fsp3) is 0.154. The van der Waals surface area contributed by atoms with Gasteiger partial charge in [-0.05, 0) is 43.3 Å². The van der Waals surface area contributed by atoms with Gasteiger partial charge in [0.2, 0.25) is 0 Å².